The van der Waals surface area contributed by atoms with Crippen LogP contribution in [0.1, 0.15) is 47.5 Å². The molecule has 2 atom stereocenters. The van der Waals surface area contributed by atoms with Crippen molar-refractivity contribution in [2.75, 3.05) is 0 Å². The highest BCUT2D eigenvalue weighted by molar-refractivity contribution is 5.94. The van der Waals surface area contributed by atoms with Gasteiger partial charge < -0.3 is 5.73 Å². The zero-order valence-electron chi connectivity index (χ0n) is 10.4. The number of primary amides is 1. The minimum atomic E-state index is -4.15. The van der Waals surface area contributed by atoms with Gasteiger partial charge in [0.25, 0.3) is 0 Å². The van der Waals surface area contributed by atoms with Crippen LogP contribution in [-0.4, -0.2) is 12.1 Å². The molecule has 2 unspecified atom stereocenters. The third kappa shape index (κ3) is 3.08. The van der Waals surface area contributed by atoms with Crippen molar-refractivity contribution in [2.45, 2.75) is 37.8 Å². The maximum Gasteiger partial charge on any atom is 0.391 e. The molecule has 0 radical (unpaired) electrons. The standard InChI is InChI=1S/C14H16F3NO/c15-14(16,17)10-5-3-4-9(8-10)11-6-1-2-7-12(11)13(18)19/h1-2,6-7,9-10H,3-5,8H2,(H2,18,19). The highest BCUT2D eigenvalue weighted by Crippen LogP contribution is 2.44. The number of hydrogen-bond donors (Lipinski definition) is 1. The summed E-state index contributed by atoms with van der Waals surface area (Å²) in [7, 11) is 0. The molecule has 2 nitrogen and oxygen atoms in total. The zero-order valence-corrected chi connectivity index (χ0v) is 10.4. The van der Waals surface area contributed by atoms with E-state index in [9.17, 15) is 18.0 Å². The predicted octanol–water partition coefficient (Wildman–Crippen LogP) is 3.62. The first-order chi connectivity index (χ1) is 8.89. The fourth-order valence-electron chi connectivity index (χ4n) is 2.85. The summed E-state index contributed by atoms with van der Waals surface area (Å²) in [6.07, 6.45) is -2.72. The van der Waals surface area contributed by atoms with Crippen molar-refractivity contribution in [3.8, 4) is 0 Å². The molecule has 2 N–H and O–H groups in total. The minimum Gasteiger partial charge on any atom is -0.366 e. The van der Waals surface area contributed by atoms with Crippen LogP contribution in [0.15, 0.2) is 24.3 Å². The van der Waals surface area contributed by atoms with E-state index in [1.165, 1.54) is 0 Å². The molecule has 1 saturated carbocycles. The van der Waals surface area contributed by atoms with E-state index in [-0.39, 0.29) is 18.8 Å². The number of carbonyl (C=O) groups excluding carboxylic acids is 1. The molecular formula is C14H16F3NO. The highest BCUT2D eigenvalue weighted by Gasteiger charge is 2.42. The molecule has 104 valence electrons. The Hall–Kier alpha value is -1.52. The Balaban J connectivity index is 2.25. The van der Waals surface area contributed by atoms with Crippen molar-refractivity contribution < 1.29 is 18.0 Å². The van der Waals surface area contributed by atoms with Gasteiger partial charge in [-0.2, -0.15) is 13.2 Å². The van der Waals surface area contributed by atoms with Crippen LogP contribution in [-0.2, 0) is 0 Å². The van der Waals surface area contributed by atoms with E-state index >= 15 is 0 Å². The minimum absolute atomic E-state index is 0.0494. The molecule has 1 fully saturated rings. The summed E-state index contributed by atoms with van der Waals surface area (Å²) < 4.78 is 38.4. The van der Waals surface area contributed by atoms with Crippen molar-refractivity contribution in [1.82, 2.24) is 0 Å². The molecule has 19 heavy (non-hydrogen) atoms. The first-order valence-electron chi connectivity index (χ1n) is 6.35. The van der Waals surface area contributed by atoms with Crippen LogP contribution in [0.4, 0.5) is 13.2 Å². The van der Waals surface area contributed by atoms with Gasteiger partial charge in [0.2, 0.25) is 5.91 Å². The molecule has 0 saturated heterocycles. The van der Waals surface area contributed by atoms with Crippen LogP contribution < -0.4 is 5.73 Å². The van der Waals surface area contributed by atoms with Gasteiger partial charge >= 0.3 is 6.18 Å². The van der Waals surface area contributed by atoms with Crippen molar-refractivity contribution in [2.24, 2.45) is 11.7 Å². The average molecular weight is 271 g/mol. The van der Waals surface area contributed by atoms with Crippen molar-refractivity contribution >= 4 is 5.91 Å². The molecule has 0 heterocycles. The molecule has 1 aromatic carbocycles. The van der Waals surface area contributed by atoms with Gasteiger partial charge in [-0.3, -0.25) is 4.79 Å². The van der Waals surface area contributed by atoms with Gasteiger partial charge in [-0.25, -0.2) is 0 Å². The van der Waals surface area contributed by atoms with E-state index < -0.39 is 18.0 Å². The van der Waals surface area contributed by atoms with E-state index in [0.717, 1.165) is 0 Å². The third-order valence-electron chi connectivity index (χ3n) is 3.80. The lowest BCUT2D eigenvalue weighted by Crippen LogP contribution is -2.29. The molecular weight excluding hydrogens is 255 g/mol. The number of hydrogen-bond acceptors (Lipinski definition) is 1. The summed E-state index contributed by atoms with van der Waals surface area (Å²) in [5, 5.41) is 0. The summed E-state index contributed by atoms with van der Waals surface area (Å²) in [6.45, 7) is 0. The summed E-state index contributed by atoms with van der Waals surface area (Å²) in [4.78, 5) is 11.3. The number of alkyl halides is 3. The third-order valence-corrected chi connectivity index (χ3v) is 3.80. The topological polar surface area (TPSA) is 43.1 Å². The normalized spacial score (nSPS) is 24.2. The fourth-order valence-corrected chi connectivity index (χ4v) is 2.85. The van der Waals surface area contributed by atoms with Crippen LogP contribution in [0.2, 0.25) is 0 Å². The number of carbonyl (C=O) groups is 1. The SMILES string of the molecule is NC(=O)c1ccccc1C1CCCC(C(F)(F)F)C1. The first kappa shape index (κ1) is 13.9. The second-order valence-corrected chi connectivity index (χ2v) is 5.05. The average Bonchev–Trinajstić information content (AvgIpc) is 2.38. The maximum atomic E-state index is 12.8. The number of benzene rings is 1. The van der Waals surface area contributed by atoms with Gasteiger partial charge in [-0.05, 0) is 36.8 Å². The second-order valence-electron chi connectivity index (χ2n) is 5.05. The maximum absolute atomic E-state index is 12.8. The molecule has 0 aromatic heterocycles. The number of rotatable bonds is 2. The van der Waals surface area contributed by atoms with Gasteiger partial charge in [-0.1, -0.05) is 24.6 Å². The molecule has 5 heteroatoms. The molecule has 0 aliphatic heterocycles. The van der Waals surface area contributed by atoms with E-state index in [4.69, 9.17) is 5.73 Å². The molecule has 1 amide bonds. The Labute approximate surface area is 109 Å². The van der Waals surface area contributed by atoms with Crippen LogP contribution in [0, 0.1) is 5.92 Å². The van der Waals surface area contributed by atoms with Crippen molar-refractivity contribution in [1.29, 1.82) is 0 Å². The lowest BCUT2D eigenvalue weighted by atomic mass is 9.76. The molecule has 1 aromatic rings. The Morgan fingerprint density at radius 1 is 1.21 bits per heavy atom. The summed E-state index contributed by atoms with van der Waals surface area (Å²) >= 11 is 0. The molecule has 1 aliphatic carbocycles. The highest BCUT2D eigenvalue weighted by atomic mass is 19.4. The van der Waals surface area contributed by atoms with E-state index in [1.54, 1.807) is 24.3 Å². The van der Waals surface area contributed by atoms with E-state index in [0.29, 0.717) is 24.0 Å². The van der Waals surface area contributed by atoms with Crippen LogP contribution in [0.3, 0.4) is 0 Å². The Morgan fingerprint density at radius 3 is 2.53 bits per heavy atom. The smallest absolute Gasteiger partial charge is 0.366 e. The second kappa shape index (κ2) is 5.23. The van der Waals surface area contributed by atoms with Crippen molar-refractivity contribution in [3.05, 3.63) is 35.4 Å². The van der Waals surface area contributed by atoms with Gasteiger partial charge in [0.05, 0.1) is 5.92 Å². The largest absolute Gasteiger partial charge is 0.391 e. The van der Waals surface area contributed by atoms with E-state index in [2.05, 4.69) is 0 Å². The monoisotopic (exact) mass is 271 g/mol. The zero-order chi connectivity index (χ0) is 14.0. The Bertz CT molecular complexity index is 470. The fraction of sp³-hybridized carbons (Fsp3) is 0.500. The first-order valence-corrected chi connectivity index (χ1v) is 6.35. The summed E-state index contributed by atoms with van der Waals surface area (Å²) in [5.41, 5.74) is 6.28. The van der Waals surface area contributed by atoms with Gasteiger partial charge in [0, 0.05) is 5.56 Å². The molecule has 1 aliphatic rings. The van der Waals surface area contributed by atoms with Gasteiger partial charge in [0.15, 0.2) is 0 Å². The summed E-state index contributed by atoms with van der Waals surface area (Å²) in [5.74, 6) is -2.08. The van der Waals surface area contributed by atoms with Crippen LogP contribution in [0.25, 0.3) is 0 Å². The summed E-state index contributed by atoms with van der Waals surface area (Å²) in [6, 6.07) is 6.70. The van der Waals surface area contributed by atoms with Crippen LogP contribution >= 0.6 is 0 Å². The number of amides is 1. The van der Waals surface area contributed by atoms with Crippen LogP contribution in [0.5, 0.6) is 0 Å². The van der Waals surface area contributed by atoms with E-state index in [1.807, 2.05) is 0 Å². The Kier molecular flexibility index (Phi) is 3.83. The van der Waals surface area contributed by atoms with Crippen molar-refractivity contribution in [3.63, 3.8) is 0 Å². The number of nitrogens with two attached hydrogens (primary N) is 1. The predicted molar refractivity (Wildman–Crippen MR) is 65.7 cm³/mol. The quantitative estimate of drug-likeness (QED) is 0.877. The Morgan fingerprint density at radius 2 is 1.89 bits per heavy atom. The van der Waals surface area contributed by atoms with Gasteiger partial charge in [-0.15, -0.1) is 0 Å². The van der Waals surface area contributed by atoms with Gasteiger partial charge in [0.1, 0.15) is 0 Å². The molecule has 0 spiro atoms. The molecule has 2 rings (SSSR count). The molecule has 0 bridgehead atoms. The lowest BCUT2D eigenvalue weighted by molar-refractivity contribution is -0.183. The lowest BCUT2D eigenvalue weighted by Gasteiger charge is -2.31. The number of halogens is 3.